The molecule has 0 bridgehead atoms. The van der Waals surface area contributed by atoms with Gasteiger partial charge in [0.15, 0.2) is 0 Å². The van der Waals surface area contributed by atoms with Crippen LogP contribution in [-0.4, -0.2) is 10.9 Å². The summed E-state index contributed by atoms with van der Waals surface area (Å²) in [5.74, 6) is 5.15. The third-order valence-electron chi connectivity index (χ3n) is 2.85. The Morgan fingerprint density at radius 2 is 2.00 bits per heavy atom. The molecule has 0 saturated carbocycles. The highest BCUT2D eigenvalue weighted by atomic mass is 16.1. The van der Waals surface area contributed by atoms with Crippen LogP contribution in [0.2, 0.25) is 0 Å². The minimum Gasteiger partial charge on any atom is -0.345 e. The van der Waals surface area contributed by atoms with E-state index < -0.39 is 0 Å². The number of hydrogen-bond donors (Lipinski definition) is 3. The molecule has 5 nitrogen and oxygen atoms in total. The van der Waals surface area contributed by atoms with Crippen molar-refractivity contribution in [3.63, 3.8) is 0 Å². The average molecular weight is 256 g/mol. The molecule has 1 aromatic heterocycles. The van der Waals surface area contributed by atoms with Gasteiger partial charge in [0.1, 0.15) is 0 Å². The van der Waals surface area contributed by atoms with Crippen molar-refractivity contribution in [2.45, 2.75) is 13.0 Å². The van der Waals surface area contributed by atoms with Crippen LogP contribution in [0.15, 0.2) is 48.8 Å². The molecule has 0 fully saturated rings. The van der Waals surface area contributed by atoms with Crippen LogP contribution < -0.4 is 16.6 Å². The predicted molar refractivity (Wildman–Crippen MR) is 74.4 cm³/mol. The Labute approximate surface area is 111 Å². The normalized spacial score (nSPS) is 11.7. The molecular formula is C14H16N4O. The minimum atomic E-state index is -0.125. The molecule has 2 rings (SSSR count). The summed E-state index contributed by atoms with van der Waals surface area (Å²) in [5.41, 5.74) is 4.84. The van der Waals surface area contributed by atoms with Crippen molar-refractivity contribution >= 4 is 11.6 Å². The number of carbonyl (C=O) groups excluding carboxylic acids is 1. The first kappa shape index (κ1) is 13.0. The second-order valence-electron chi connectivity index (χ2n) is 4.20. The standard InChI is InChI=1S/C14H16N4O/c1-10(12-3-2-8-16-9-12)17-14(19)11-4-6-13(18-15)7-5-11/h2-10,18H,15H2,1H3,(H,17,19). The maximum Gasteiger partial charge on any atom is 0.251 e. The van der Waals surface area contributed by atoms with Crippen LogP contribution in [0.5, 0.6) is 0 Å². The number of nitrogen functional groups attached to an aromatic ring is 1. The summed E-state index contributed by atoms with van der Waals surface area (Å²) < 4.78 is 0. The Kier molecular flexibility index (Phi) is 4.10. The molecule has 0 aliphatic heterocycles. The summed E-state index contributed by atoms with van der Waals surface area (Å²) in [5, 5.41) is 2.92. The Hall–Kier alpha value is -2.40. The lowest BCUT2D eigenvalue weighted by Gasteiger charge is -2.14. The first-order valence-corrected chi connectivity index (χ1v) is 5.98. The topological polar surface area (TPSA) is 80.0 Å². The van der Waals surface area contributed by atoms with Crippen LogP contribution in [0.1, 0.15) is 28.9 Å². The molecule has 0 spiro atoms. The van der Waals surface area contributed by atoms with Gasteiger partial charge in [0.25, 0.3) is 5.91 Å². The van der Waals surface area contributed by atoms with E-state index in [0.29, 0.717) is 5.56 Å². The monoisotopic (exact) mass is 256 g/mol. The second kappa shape index (κ2) is 5.97. The average Bonchev–Trinajstić information content (AvgIpc) is 2.48. The van der Waals surface area contributed by atoms with Gasteiger partial charge in [-0.15, -0.1) is 0 Å². The summed E-state index contributed by atoms with van der Waals surface area (Å²) in [6.45, 7) is 1.92. The number of nitrogens with zero attached hydrogens (tertiary/aromatic N) is 1. The third kappa shape index (κ3) is 3.29. The van der Waals surface area contributed by atoms with Gasteiger partial charge in [-0.1, -0.05) is 6.07 Å². The molecule has 98 valence electrons. The third-order valence-corrected chi connectivity index (χ3v) is 2.85. The molecule has 19 heavy (non-hydrogen) atoms. The largest absolute Gasteiger partial charge is 0.345 e. The lowest BCUT2D eigenvalue weighted by Crippen LogP contribution is -2.26. The fourth-order valence-corrected chi connectivity index (χ4v) is 1.71. The predicted octanol–water partition coefficient (Wildman–Crippen LogP) is 1.86. The summed E-state index contributed by atoms with van der Waals surface area (Å²) in [6, 6.07) is 10.6. The van der Waals surface area contributed by atoms with E-state index in [4.69, 9.17) is 5.84 Å². The molecule has 1 atom stereocenters. The van der Waals surface area contributed by atoms with Gasteiger partial charge in [0, 0.05) is 23.6 Å². The Balaban J connectivity index is 2.04. The zero-order valence-corrected chi connectivity index (χ0v) is 10.6. The maximum absolute atomic E-state index is 12.0. The summed E-state index contributed by atoms with van der Waals surface area (Å²) >= 11 is 0. The van der Waals surface area contributed by atoms with Crippen molar-refractivity contribution in [3.05, 3.63) is 59.9 Å². The highest BCUT2D eigenvalue weighted by Crippen LogP contribution is 2.12. The molecule has 2 aromatic rings. The fraction of sp³-hybridized carbons (Fsp3) is 0.143. The molecule has 0 radical (unpaired) electrons. The van der Waals surface area contributed by atoms with E-state index in [0.717, 1.165) is 11.3 Å². The molecular weight excluding hydrogens is 240 g/mol. The fourth-order valence-electron chi connectivity index (χ4n) is 1.71. The van der Waals surface area contributed by atoms with Crippen molar-refractivity contribution in [1.29, 1.82) is 0 Å². The van der Waals surface area contributed by atoms with Gasteiger partial charge in [0.05, 0.1) is 6.04 Å². The number of anilines is 1. The SMILES string of the molecule is CC(NC(=O)c1ccc(NN)cc1)c1cccnc1. The molecule has 1 amide bonds. The van der Waals surface area contributed by atoms with E-state index in [1.807, 2.05) is 19.1 Å². The lowest BCUT2D eigenvalue weighted by atomic mass is 10.1. The van der Waals surface area contributed by atoms with Crippen LogP contribution in [-0.2, 0) is 0 Å². The number of carbonyl (C=O) groups is 1. The van der Waals surface area contributed by atoms with Gasteiger partial charge >= 0.3 is 0 Å². The Bertz CT molecular complexity index is 539. The number of benzene rings is 1. The van der Waals surface area contributed by atoms with Crippen molar-refractivity contribution in [2.24, 2.45) is 5.84 Å². The van der Waals surface area contributed by atoms with Crippen LogP contribution in [0.25, 0.3) is 0 Å². The number of hydrogen-bond acceptors (Lipinski definition) is 4. The summed E-state index contributed by atoms with van der Waals surface area (Å²) in [4.78, 5) is 16.1. The number of nitrogens with two attached hydrogens (primary N) is 1. The van der Waals surface area contributed by atoms with Crippen molar-refractivity contribution < 1.29 is 4.79 Å². The van der Waals surface area contributed by atoms with Gasteiger partial charge in [-0.25, -0.2) is 0 Å². The van der Waals surface area contributed by atoms with Crippen molar-refractivity contribution in [1.82, 2.24) is 10.3 Å². The van der Waals surface area contributed by atoms with Crippen LogP contribution in [0, 0.1) is 0 Å². The van der Waals surface area contributed by atoms with Crippen molar-refractivity contribution in [2.75, 3.05) is 5.43 Å². The van der Waals surface area contributed by atoms with Crippen molar-refractivity contribution in [3.8, 4) is 0 Å². The minimum absolute atomic E-state index is 0.0893. The first-order chi connectivity index (χ1) is 9.20. The van der Waals surface area contributed by atoms with Gasteiger partial charge in [0.2, 0.25) is 0 Å². The zero-order valence-electron chi connectivity index (χ0n) is 10.6. The highest BCUT2D eigenvalue weighted by molar-refractivity contribution is 5.94. The summed E-state index contributed by atoms with van der Waals surface area (Å²) in [6.07, 6.45) is 3.45. The number of rotatable bonds is 4. The van der Waals surface area contributed by atoms with Crippen LogP contribution in [0.3, 0.4) is 0 Å². The van der Waals surface area contributed by atoms with Gasteiger partial charge in [-0.3, -0.25) is 15.6 Å². The van der Waals surface area contributed by atoms with E-state index in [-0.39, 0.29) is 11.9 Å². The maximum atomic E-state index is 12.0. The number of aromatic nitrogens is 1. The van der Waals surface area contributed by atoms with E-state index in [1.165, 1.54) is 0 Å². The molecule has 1 aromatic carbocycles. The van der Waals surface area contributed by atoms with Crippen LogP contribution >= 0.6 is 0 Å². The molecule has 5 heteroatoms. The van der Waals surface area contributed by atoms with Gasteiger partial charge in [-0.2, -0.15) is 0 Å². The molecule has 1 unspecified atom stereocenters. The number of amides is 1. The quantitative estimate of drug-likeness (QED) is 0.576. The van der Waals surface area contributed by atoms with Gasteiger partial charge < -0.3 is 10.7 Å². The number of hydrazine groups is 1. The lowest BCUT2D eigenvalue weighted by molar-refractivity contribution is 0.0940. The molecule has 1 heterocycles. The molecule has 0 saturated heterocycles. The highest BCUT2D eigenvalue weighted by Gasteiger charge is 2.11. The number of nitrogens with one attached hydrogen (secondary N) is 2. The smallest absolute Gasteiger partial charge is 0.251 e. The summed E-state index contributed by atoms with van der Waals surface area (Å²) in [7, 11) is 0. The first-order valence-electron chi connectivity index (χ1n) is 5.98. The van der Waals surface area contributed by atoms with E-state index in [9.17, 15) is 4.79 Å². The molecule has 4 N–H and O–H groups in total. The van der Waals surface area contributed by atoms with E-state index in [2.05, 4.69) is 15.7 Å². The Morgan fingerprint density at radius 1 is 1.26 bits per heavy atom. The molecule has 0 aliphatic carbocycles. The Morgan fingerprint density at radius 3 is 2.58 bits per heavy atom. The van der Waals surface area contributed by atoms with E-state index in [1.54, 1.807) is 36.7 Å². The molecule has 0 aliphatic rings. The van der Waals surface area contributed by atoms with E-state index >= 15 is 0 Å². The van der Waals surface area contributed by atoms with Gasteiger partial charge in [-0.05, 0) is 42.8 Å². The van der Waals surface area contributed by atoms with Crippen LogP contribution in [0.4, 0.5) is 5.69 Å². The second-order valence-corrected chi connectivity index (χ2v) is 4.20. The zero-order chi connectivity index (χ0) is 13.7. The number of pyridine rings is 1.